The minimum Gasteiger partial charge on any atom is -0.478 e. The van der Waals surface area contributed by atoms with E-state index in [0.717, 1.165) is 6.07 Å². The van der Waals surface area contributed by atoms with Crippen molar-refractivity contribution in [3.63, 3.8) is 0 Å². The Hall–Kier alpha value is -1.91. The van der Waals surface area contributed by atoms with Gasteiger partial charge in [-0.15, -0.1) is 0 Å². The van der Waals surface area contributed by atoms with E-state index in [2.05, 4.69) is 0 Å². The van der Waals surface area contributed by atoms with E-state index in [4.69, 9.17) is 5.11 Å². The van der Waals surface area contributed by atoms with Crippen LogP contribution in [0.25, 0.3) is 0 Å². The molecule has 0 aromatic heterocycles. The molecule has 1 aromatic carbocycles. The molecule has 0 aliphatic heterocycles. The van der Waals surface area contributed by atoms with Crippen molar-refractivity contribution in [2.24, 2.45) is 0 Å². The Morgan fingerprint density at radius 1 is 1.40 bits per heavy atom. The van der Waals surface area contributed by atoms with Crippen LogP contribution in [0.1, 0.15) is 29.8 Å². The second-order valence-corrected chi connectivity index (χ2v) is 2.56. The molecular formula is C10H13NO4. The molecule has 0 bridgehead atoms. The summed E-state index contributed by atoms with van der Waals surface area (Å²) in [5.74, 6) is -1.15. The summed E-state index contributed by atoms with van der Waals surface area (Å²) in [5, 5.41) is 18.9. The molecule has 0 amide bonds. The number of hydrogen-bond acceptors (Lipinski definition) is 3. The van der Waals surface area contributed by atoms with Crippen LogP contribution in [0.4, 0.5) is 5.69 Å². The van der Waals surface area contributed by atoms with Crippen molar-refractivity contribution < 1.29 is 14.8 Å². The van der Waals surface area contributed by atoms with Crippen LogP contribution in [0.5, 0.6) is 0 Å². The van der Waals surface area contributed by atoms with Crippen molar-refractivity contribution in [2.45, 2.75) is 20.8 Å². The van der Waals surface area contributed by atoms with Crippen LogP contribution in [-0.2, 0) is 0 Å². The van der Waals surface area contributed by atoms with Gasteiger partial charge in [0.25, 0.3) is 5.69 Å². The van der Waals surface area contributed by atoms with E-state index in [1.165, 1.54) is 12.1 Å². The van der Waals surface area contributed by atoms with E-state index in [1.807, 2.05) is 13.8 Å². The second kappa shape index (κ2) is 5.74. The van der Waals surface area contributed by atoms with Crippen molar-refractivity contribution >= 4 is 11.7 Å². The molecule has 1 aromatic rings. The molecule has 0 spiro atoms. The van der Waals surface area contributed by atoms with Gasteiger partial charge in [0.15, 0.2) is 0 Å². The molecule has 15 heavy (non-hydrogen) atoms. The molecule has 0 aliphatic rings. The first-order chi connectivity index (χ1) is 7.02. The predicted octanol–water partition coefficient (Wildman–Crippen LogP) is 2.63. The Bertz CT molecular complexity index is 374. The fourth-order valence-corrected chi connectivity index (χ4v) is 0.954. The summed E-state index contributed by atoms with van der Waals surface area (Å²) in [4.78, 5) is 20.3. The Kier molecular flexibility index (Phi) is 5.01. The lowest BCUT2D eigenvalue weighted by Gasteiger charge is -1.98. The van der Waals surface area contributed by atoms with Crippen LogP contribution in [0.15, 0.2) is 18.2 Å². The third-order valence-corrected chi connectivity index (χ3v) is 1.66. The van der Waals surface area contributed by atoms with Crippen LogP contribution >= 0.6 is 0 Å². The first kappa shape index (κ1) is 13.1. The van der Waals surface area contributed by atoms with E-state index in [9.17, 15) is 14.9 Å². The number of aromatic carboxylic acids is 1. The number of nitro groups is 1. The molecule has 0 fully saturated rings. The second-order valence-electron chi connectivity index (χ2n) is 2.56. The van der Waals surface area contributed by atoms with E-state index in [0.29, 0.717) is 5.56 Å². The summed E-state index contributed by atoms with van der Waals surface area (Å²) in [6, 6.07) is 3.75. The molecule has 1 rings (SSSR count). The quantitative estimate of drug-likeness (QED) is 0.602. The molecule has 0 heterocycles. The van der Waals surface area contributed by atoms with Gasteiger partial charge >= 0.3 is 5.97 Å². The Morgan fingerprint density at radius 3 is 2.33 bits per heavy atom. The minimum absolute atomic E-state index is 0.0331. The fraction of sp³-hybridized carbons (Fsp3) is 0.300. The molecule has 5 nitrogen and oxygen atoms in total. The summed E-state index contributed by atoms with van der Waals surface area (Å²) in [6.45, 7) is 5.59. The first-order valence-corrected chi connectivity index (χ1v) is 4.50. The zero-order valence-electron chi connectivity index (χ0n) is 8.85. The van der Waals surface area contributed by atoms with Gasteiger partial charge in [-0.05, 0) is 12.5 Å². The van der Waals surface area contributed by atoms with E-state index in [-0.39, 0.29) is 11.3 Å². The number of benzene rings is 1. The summed E-state index contributed by atoms with van der Waals surface area (Å²) in [6.07, 6.45) is 0. The number of nitrogens with zero attached hydrogens (tertiary/aromatic N) is 1. The Balaban J connectivity index is 0.000000921. The van der Waals surface area contributed by atoms with Gasteiger partial charge in [-0.3, -0.25) is 10.1 Å². The standard InChI is InChI=1S/C8H7NO4.C2H6/c1-5-2-3-6(9(12)13)4-7(5)8(10)11;1-2/h2-4H,1H3,(H,10,11);1-2H3. The molecular weight excluding hydrogens is 198 g/mol. The molecule has 5 heteroatoms. The van der Waals surface area contributed by atoms with Gasteiger partial charge in [0.05, 0.1) is 10.5 Å². The van der Waals surface area contributed by atoms with Crippen LogP contribution in [0.3, 0.4) is 0 Å². The topological polar surface area (TPSA) is 80.4 Å². The largest absolute Gasteiger partial charge is 0.478 e. The van der Waals surface area contributed by atoms with Crippen molar-refractivity contribution in [1.29, 1.82) is 0 Å². The summed E-state index contributed by atoms with van der Waals surface area (Å²) in [5.41, 5.74) is 0.273. The molecule has 1 N–H and O–H groups in total. The van der Waals surface area contributed by atoms with Crippen LogP contribution in [0, 0.1) is 17.0 Å². The maximum atomic E-state index is 10.6. The fourth-order valence-electron chi connectivity index (χ4n) is 0.954. The number of nitro benzene ring substituents is 1. The summed E-state index contributed by atoms with van der Waals surface area (Å²) in [7, 11) is 0. The highest BCUT2D eigenvalue weighted by Crippen LogP contribution is 2.16. The van der Waals surface area contributed by atoms with Gasteiger partial charge in [-0.25, -0.2) is 4.79 Å². The van der Waals surface area contributed by atoms with Crippen LogP contribution < -0.4 is 0 Å². The molecule has 0 atom stereocenters. The van der Waals surface area contributed by atoms with Crippen LogP contribution in [0.2, 0.25) is 0 Å². The van der Waals surface area contributed by atoms with E-state index >= 15 is 0 Å². The van der Waals surface area contributed by atoms with Gasteiger partial charge in [0, 0.05) is 12.1 Å². The average Bonchev–Trinajstić information content (AvgIpc) is 2.20. The molecule has 0 unspecified atom stereocenters. The minimum atomic E-state index is -1.15. The highest BCUT2D eigenvalue weighted by molar-refractivity contribution is 5.90. The van der Waals surface area contributed by atoms with Crippen molar-refractivity contribution in [3.05, 3.63) is 39.4 Å². The van der Waals surface area contributed by atoms with Gasteiger partial charge in [0.1, 0.15) is 0 Å². The Labute approximate surface area is 87.5 Å². The van der Waals surface area contributed by atoms with Crippen molar-refractivity contribution in [3.8, 4) is 0 Å². The average molecular weight is 211 g/mol. The third kappa shape index (κ3) is 3.38. The van der Waals surface area contributed by atoms with E-state index in [1.54, 1.807) is 6.92 Å². The number of hydrogen-bond donors (Lipinski definition) is 1. The highest BCUT2D eigenvalue weighted by Gasteiger charge is 2.12. The summed E-state index contributed by atoms with van der Waals surface area (Å²) >= 11 is 0. The number of non-ortho nitro benzene ring substituents is 1. The van der Waals surface area contributed by atoms with E-state index < -0.39 is 10.9 Å². The third-order valence-electron chi connectivity index (χ3n) is 1.66. The van der Waals surface area contributed by atoms with Crippen molar-refractivity contribution in [2.75, 3.05) is 0 Å². The number of rotatable bonds is 2. The predicted molar refractivity (Wildman–Crippen MR) is 56.1 cm³/mol. The van der Waals surface area contributed by atoms with Crippen LogP contribution in [-0.4, -0.2) is 16.0 Å². The first-order valence-electron chi connectivity index (χ1n) is 4.50. The van der Waals surface area contributed by atoms with Gasteiger partial charge < -0.3 is 5.11 Å². The van der Waals surface area contributed by atoms with Crippen molar-refractivity contribution in [1.82, 2.24) is 0 Å². The summed E-state index contributed by atoms with van der Waals surface area (Å²) < 4.78 is 0. The zero-order chi connectivity index (χ0) is 12.0. The monoisotopic (exact) mass is 211 g/mol. The number of aryl methyl sites for hydroxylation is 1. The number of carbonyl (C=O) groups is 1. The Morgan fingerprint density at radius 2 is 1.93 bits per heavy atom. The lowest BCUT2D eigenvalue weighted by Crippen LogP contribution is -2.00. The normalized spacial score (nSPS) is 8.73. The lowest BCUT2D eigenvalue weighted by molar-refractivity contribution is -0.384. The zero-order valence-corrected chi connectivity index (χ0v) is 8.85. The SMILES string of the molecule is CC.Cc1ccc([N+](=O)[O-])cc1C(=O)O. The van der Waals surface area contributed by atoms with Gasteiger partial charge in [0.2, 0.25) is 0 Å². The molecule has 0 radical (unpaired) electrons. The highest BCUT2D eigenvalue weighted by atomic mass is 16.6. The number of carboxylic acids is 1. The van der Waals surface area contributed by atoms with Gasteiger partial charge in [-0.2, -0.15) is 0 Å². The molecule has 0 saturated heterocycles. The molecule has 0 saturated carbocycles. The smallest absolute Gasteiger partial charge is 0.336 e. The maximum absolute atomic E-state index is 10.6. The van der Waals surface area contributed by atoms with Gasteiger partial charge in [-0.1, -0.05) is 19.9 Å². The molecule has 82 valence electrons. The molecule has 0 aliphatic carbocycles. The lowest BCUT2D eigenvalue weighted by atomic mass is 10.1. The number of carboxylic acid groups (broad SMARTS) is 1. The maximum Gasteiger partial charge on any atom is 0.336 e.